The van der Waals surface area contributed by atoms with Crippen LogP contribution in [-0.4, -0.2) is 34.2 Å². The topological polar surface area (TPSA) is 68.5 Å². The van der Waals surface area contributed by atoms with Crippen molar-refractivity contribution in [2.45, 2.75) is 6.42 Å². The highest BCUT2D eigenvalue weighted by molar-refractivity contribution is 7.15. The van der Waals surface area contributed by atoms with E-state index in [-0.39, 0.29) is 11.7 Å². The third-order valence-electron chi connectivity index (χ3n) is 4.25. The molecule has 6 nitrogen and oxygen atoms in total. The number of rotatable bonds is 6. The fraction of sp³-hybridized carbons (Fsp3) is 0.150. The van der Waals surface area contributed by atoms with Gasteiger partial charge in [0.2, 0.25) is 4.96 Å². The first-order chi connectivity index (χ1) is 13.6. The smallest absolute Gasteiger partial charge is 0.251 e. The molecule has 2 aromatic carbocycles. The molecule has 0 saturated heterocycles. The van der Waals surface area contributed by atoms with Crippen molar-refractivity contribution in [3.05, 3.63) is 71.0 Å². The highest BCUT2D eigenvalue weighted by Gasteiger charge is 2.12. The van der Waals surface area contributed by atoms with Gasteiger partial charge in [-0.3, -0.25) is 4.79 Å². The fourth-order valence-electron chi connectivity index (χ4n) is 2.80. The van der Waals surface area contributed by atoms with Crippen LogP contribution in [0.4, 0.5) is 4.39 Å². The molecular formula is C20H17FN4O2S. The minimum atomic E-state index is -0.322. The molecule has 1 N–H and O–H groups in total. The molecule has 8 heteroatoms. The molecule has 0 aliphatic rings. The van der Waals surface area contributed by atoms with Crippen molar-refractivity contribution in [1.82, 2.24) is 19.9 Å². The lowest BCUT2D eigenvalue weighted by molar-refractivity contribution is 0.0954. The predicted octanol–water partition coefficient (Wildman–Crippen LogP) is 3.58. The van der Waals surface area contributed by atoms with Gasteiger partial charge in [-0.1, -0.05) is 12.1 Å². The molecule has 2 aromatic heterocycles. The molecule has 0 aliphatic carbocycles. The van der Waals surface area contributed by atoms with Gasteiger partial charge in [-0.25, -0.2) is 8.91 Å². The largest absolute Gasteiger partial charge is 0.497 e. The third-order valence-corrected chi connectivity index (χ3v) is 5.12. The number of ether oxygens (including phenoxy) is 1. The summed E-state index contributed by atoms with van der Waals surface area (Å²) in [4.78, 5) is 17.4. The van der Waals surface area contributed by atoms with Gasteiger partial charge in [0.25, 0.3) is 5.91 Å². The van der Waals surface area contributed by atoms with Gasteiger partial charge in [-0.15, -0.1) is 16.4 Å². The first kappa shape index (κ1) is 18.1. The Morgan fingerprint density at radius 3 is 2.82 bits per heavy atom. The van der Waals surface area contributed by atoms with Crippen LogP contribution < -0.4 is 10.1 Å². The number of halogens is 1. The fourth-order valence-corrected chi connectivity index (χ4v) is 3.65. The van der Waals surface area contributed by atoms with Crippen LogP contribution in [0.5, 0.6) is 5.75 Å². The Morgan fingerprint density at radius 1 is 1.25 bits per heavy atom. The minimum Gasteiger partial charge on any atom is -0.497 e. The molecule has 2 heterocycles. The molecule has 0 radical (unpaired) electrons. The van der Waals surface area contributed by atoms with E-state index in [1.54, 1.807) is 48.0 Å². The number of nitrogens with zero attached hydrogens (tertiary/aromatic N) is 3. The summed E-state index contributed by atoms with van der Waals surface area (Å²) in [6.45, 7) is 0.464. The summed E-state index contributed by atoms with van der Waals surface area (Å²) < 4.78 is 20.3. The number of aromatic nitrogens is 3. The highest BCUT2D eigenvalue weighted by Crippen LogP contribution is 2.21. The number of carbonyl (C=O) groups excluding carboxylic acids is 1. The van der Waals surface area contributed by atoms with Crippen LogP contribution in [0.1, 0.15) is 16.1 Å². The van der Waals surface area contributed by atoms with Crippen LogP contribution in [0.25, 0.3) is 16.3 Å². The van der Waals surface area contributed by atoms with Crippen LogP contribution in [0.3, 0.4) is 0 Å². The number of hydrogen-bond acceptors (Lipinski definition) is 5. The third kappa shape index (κ3) is 3.72. The van der Waals surface area contributed by atoms with E-state index in [9.17, 15) is 9.18 Å². The Kier molecular flexibility index (Phi) is 5.03. The molecule has 4 aromatic rings. The quantitative estimate of drug-likeness (QED) is 0.541. The molecule has 4 rings (SSSR count). The van der Waals surface area contributed by atoms with Crippen molar-refractivity contribution in [3.8, 4) is 17.1 Å². The monoisotopic (exact) mass is 396 g/mol. The maximum atomic E-state index is 13.4. The van der Waals surface area contributed by atoms with Gasteiger partial charge in [0.05, 0.1) is 12.8 Å². The number of methoxy groups -OCH3 is 1. The van der Waals surface area contributed by atoms with Gasteiger partial charge in [-0.2, -0.15) is 4.98 Å². The first-order valence-corrected chi connectivity index (χ1v) is 9.53. The summed E-state index contributed by atoms with van der Waals surface area (Å²) in [6, 6.07) is 13.2. The number of nitrogens with one attached hydrogen (secondary N) is 1. The molecule has 142 valence electrons. The van der Waals surface area contributed by atoms with Crippen molar-refractivity contribution >= 4 is 22.2 Å². The van der Waals surface area contributed by atoms with Gasteiger partial charge in [0.15, 0.2) is 5.82 Å². The van der Waals surface area contributed by atoms with Crippen molar-refractivity contribution in [2.24, 2.45) is 0 Å². The van der Waals surface area contributed by atoms with Crippen molar-refractivity contribution in [2.75, 3.05) is 13.7 Å². The highest BCUT2D eigenvalue weighted by atomic mass is 32.1. The van der Waals surface area contributed by atoms with E-state index >= 15 is 0 Å². The summed E-state index contributed by atoms with van der Waals surface area (Å²) in [7, 11) is 1.58. The van der Waals surface area contributed by atoms with Gasteiger partial charge in [0, 0.05) is 29.5 Å². The maximum Gasteiger partial charge on any atom is 0.251 e. The van der Waals surface area contributed by atoms with Crippen LogP contribution in [0, 0.1) is 5.82 Å². The lowest BCUT2D eigenvalue weighted by Crippen LogP contribution is -2.25. The summed E-state index contributed by atoms with van der Waals surface area (Å²) in [5, 5.41) is 9.34. The lowest BCUT2D eigenvalue weighted by Gasteiger charge is -2.05. The SMILES string of the molecule is COc1ccc(C(=O)NCCc2csc3nc(-c4cccc(F)c4)nn23)cc1. The molecule has 0 spiro atoms. The Bertz CT molecular complexity index is 1120. The Morgan fingerprint density at radius 2 is 2.07 bits per heavy atom. The van der Waals surface area contributed by atoms with Crippen molar-refractivity contribution in [1.29, 1.82) is 0 Å². The number of amides is 1. The van der Waals surface area contributed by atoms with E-state index in [4.69, 9.17) is 4.74 Å². The summed E-state index contributed by atoms with van der Waals surface area (Å²) >= 11 is 1.46. The zero-order chi connectivity index (χ0) is 19.5. The van der Waals surface area contributed by atoms with E-state index in [1.165, 1.54) is 23.5 Å². The number of hydrogen-bond donors (Lipinski definition) is 1. The van der Waals surface area contributed by atoms with Crippen molar-refractivity contribution < 1.29 is 13.9 Å². The van der Waals surface area contributed by atoms with Gasteiger partial charge in [-0.05, 0) is 36.4 Å². The Hall–Kier alpha value is -3.26. The van der Waals surface area contributed by atoms with E-state index < -0.39 is 0 Å². The first-order valence-electron chi connectivity index (χ1n) is 8.65. The van der Waals surface area contributed by atoms with Crippen LogP contribution >= 0.6 is 11.3 Å². The number of carbonyl (C=O) groups is 1. The molecule has 0 aliphatic heterocycles. The van der Waals surface area contributed by atoms with E-state index in [0.29, 0.717) is 35.7 Å². The molecule has 0 bridgehead atoms. The molecule has 1 amide bonds. The summed E-state index contributed by atoms with van der Waals surface area (Å²) in [5.41, 5.74) is 2.14. The second-order valence-electron chi connectivity index (χ2n) is 6.10. The lowest BCUT2D eigenvalue weighted by atomic mass is 10.2. The number of fused-ring (bicyclic) bond motifs is 1. The Labute approximate surface area is 164 Å². The van der Waals surface area contributed by atoms with Gasteiger partial charge < -0.3 is 10.1 Å². The second kappa shape index (κ2) is 7.77. The molecule has 28 heavy (non-hydrogen) atoms. The minimum absolute atomic E-state index is 0.145. The van der Waals surface area contributed by atoms with E-state index in [2.05, 4.69) is 15.4 Å². The zero-order valence-corrected chi connectivity index (χ0v) is 15.9. The summed E-state index contributed by atoms with van der Waals surface area (Å²) in [6.07, 6.45) is 0.605. The Balaban J connectivity index is 1.42. The second-order valence-corrected chi connectivity index (χ2v) is 6.94. The van der Waals surface area contributed by atoms with Crippen LogP contribution in [0.15, 0.2) is 53.9 Å². The standard InChI is InChI=1S/C20H17FN4O2S/c1-27-17-7-5-13(6-8-17)19(26)22-10-9-16-12-28-20-23-18(24-25(16)20)14-3-2-4-15(21)11-14/h2-8,11-12H,9-10H2,1H3,(H,22,26). The van der Waals surface area contributed by atoms with Crippen LogP contribution in [-0.2, 0) is 6.42 Å². The average molecular weight is 396 g/mol. The zero-order valence-electron chi connectivity index (χ0n) is 15.1. The van der Waals surface area contributed by atoms with E-state index in [0.717, 1.165) is 10.7 Å². The van der Waals surface area contributed by atoms with Gasteiger partial charge >= 0.3 is 0 Å². The normalized spacial score (nSPS) is 10.9. The summed E-state index contributed by atoms with van der Waals surface area (Å²) in [5.74, 6) is 0.720. The molecule has 0 fully saturated rings. The molecule has 0 saturated carbocycles. The van der Waals surface area contributed by atoms with Crippen LogP contribution in [0.2, 0.25) is 0 Å². The number of benzene rings is 2. The molecule has 0 atom stereocenters. The molecule has 0 unspecified atom stereocenters. The van der Waals surface area contributed by atoms with Crippen molar-refractivity contribution in [3.63, 3.8) is 0 Å². The average Bonchev–Trinajstić information content (AvgIpc) is 3.30. The molecular weight excluding hydrogens is 379 g/mol. The maximum absolute atomic E-state index is 13.4. The predicted molar refractivity (Wildman–Crippen MR) is 105 cm³/mol. The number of thiazole rings is 1. The van der Waals surface area contributed by atoms with E-state index in [1.807, 2.05) is 5.38 Å². The van der Waals surface area contributed by atoms with Gasteiger partial charge in [0.1, 0.15) is 11.6 Å².